The van der Waals surface area contributed by atoms with E-state index < -0.39 is 16.0 Å². The van der Waals surface area contributed by atoms with Crippen molar-refractivity contribution in [3.63, 3.8) is 0 Å². The molecule has 1 fully saturated rings. The van der Waals surface area contributed by atoms with Crippen molar-refractivity contribution < 1.29 is 22.7 Å². The van der Waals surface area contributed by atoms with Gasteiger partial charge in [0.1, 0.15) is 0 Å². The molecule has 0 saturated carbocycles. The zero-order chi connectivity index (χ0) is 21.9. The zero-order valence-corrected chi connectivity index (χ0v) is 18.1. The summed E-state index contributed by atoms with van der Waals surface area (Å²) in [6.07, 6.45) is 4.23. The van der Waals surface area contributed by atoms with Crippen LogP contribution in [-0.4, -0.2) is 54.6 Å². The van der Waals surface area contributed by atoms with Crippen LogP contribution < -0.4 is 5.32 Å². The van der Waals surface area contributed by atoms with Crippen molar-refractivity contribution in [1.82, 2.24) is 14.1 Å². The molecule has 10 heteroatoms. The van der Waals surface area contributed by atoms with E-state index in [1.807, 2.05) is 6.92 Å². The van der Waals surface area contributed by atoms with Crippen LogP contribution in [0.1, 0.15) is 35.7 Å². The van der Waals surface area contributed by atoms with Crippen molar-refractivity contribution in [2.45, 2.75) is 38.1 Å². The molecule has 9 nitrogen and oxygen atoms in total. The second-order valence-corrected chi connectivity index (χ2v) is 9.13. The molecule has 0 atom stereocenters. The summed E-state index contributed by atoms with van der Waals surface area (Å²) in [5.74, 6) is -0.899. The third-order valence-corrected chi connectivity index (χ3v) is 7.32. The van der Waals surface area contributed by atoms with Crippen LogP contribution in [0.4, 0.5) is 5.69 Å². The predicted molar refractivity (Wildman–Crippen MR) is 111 cm³/mol. The smallest absolute Gasteiger partial charge is 0.337 e. The predicted octanol–water partition coefficient (Wildman–Crippen LogP) is 2.04. The normalized spacial score (nSPS) is 15.7. The third kappa shape index (κ3) is 4.54. The molecule has 2 heterocycles. The Kier molecular flexibility index (Phi) is 6.57. The van der Waals surface area contributed by atoms with Crippen molar-refractivity contribution in [2.24, 2.45) is 5.92 Å². The fraction of sp³-hybridized carbons (Fsp3) is 0.450. The molecule has 0 aliphatic carbocycles. The van der Waals surface area contributed by atoms with Gasteiger partial charge in [0.2, 0.25) is 15.9 Å². The number of aryl methyl sites for hydroxylation is 2. The van der Waals surface area contributed by atoms with E-state index in [4.69, 9.17) is 0 Å². The Labute approximate surface area is 176 Å². The lowest BCUT2D eigenvalue weighted by Crippen LogP contribution is -2.41. The van der Waals surface area contributed by atoms with Crippen molar-refractivity contribution in [1.29, 1.82) is 0 Å². The number of anilines is 1. The molecule has 1 aromatic heterocycles. The number of piperidine rings is 1. The standard InChI is InChI=1S/C20H26N4O5S/c1-4-23-13-17(12-21-23)22-19(25)15-7-9-24(10-8-15)30(27,28)18-6-5-16(11-14(18)2)20(26)29-3/h5-6,11-13,15H,4,7-10H2,1-3H3,(H,22,25). The molecule has 0 unspecified atom stereocenters. The van der Waals surface area contributed by atoms with Gasteiger partial charge in [-0.05, 0) is 50.5 Å². The molecule has 1 N–H and O–H groups in total. The highest BCUT2D eigenvalue weighted by atomic mass is 32.2. The Hall–Kier alpha value is -2.72. The number of ether oxygens (including phenoxy) is 1. The number of rotatable bonds is 6. The van der Waals surface area contributed by atoms with Crippen LogP contribution in [0.25, 0.3) is 0 Å². The van der Waals surface area contributed by atoms with Gasteiger partial charge in [0.15, 0.2) is 0 Å². The van der Waals surface area contributed by atoms with Gasteiger partial charge in [-0.1, -0.05) is 0 Å². The van der Waals surface area contributed by atoms with Crippen LogP contribution in [0.5, 0.6) is 0 Å². The monoisotopic (exact) mass is 434 g/mol. The summed E-state index contributed by atoms with van der Waals surface area (Å²) in [5.41, 5.74) is 1.42. The van der Waals surface area contributed by atoms with Crippen LogP contribution in [0, 0.1) is 12.8 Å². The molecule has 0 spiro atoms. The summed E-state index contributed by atoms with van der Waals surface area (Å²) in [7, 11) is -2.44. The zero-order valence-electron chi connectivity index (χ0n) is 17.3. The van der Waals surface area contributed by atoms with Gasteiger partial charge in [0, 0.05) is 31.7 Å². The van der Waals surface area contributed by atoms with Crippen LogP contribution in [0.3, 0.4) is 0 Å². The molecular weight excluding hydrogens is 408 g/mol. The number of carbonyl (C=O) groups excluding carboxylic acids is 2. The summed E-state index contributed by atoms with van der Waals surface area (Å²) >= 11 is 0. The number of benzene rings is 1. The van der Waals surface area contributed by atoms with Crippen molar-refractivity contribution in [3.05, 3.63) is 41.7 Å². The first-order chi connectivity index (χ1) is 14.3. The lowest BCUT2D eigenvalue weighted by molar-refractivity contribution is -0.120. The van der Waals surface area contributed by atoms with Gasteiger partial charge in [0.05, 0.1) is 29.5 Å². The number of hydrogen-bond donors (Lipinski definition) is 1. The minimum atomic E-state index is -3.71. The molecule has 1 aliphatic rings. The third-order valence-electron chi connectivity index (χ3n) is 5.26. The molecule has 0 radical (unpaired) electrons. The fourth-order valence-electron chi connectivity index (χ4n) is 3.53. The van der Waals surface area contributed by atoms with Crippen LogP contribution in [-0.2, 0) is 26.1 Å². The minimum absolute atomic E-state index is 0.124. The van der Waals surface area contributed by atoms with Gasteiger partial charge < -0.3 is 10.1 Å². The van der Waals surface area contributed by atoms with E-state index >= 15 is 0 Å². The van der Waals surface area contributed by atoms with Crippen LogP contribution >= 0.6 is 0 Å². The first-order valence-corrected chi connectivity index (χ1v) is 11.2. The van der Waals surface area contributed by atoms with E-state index in [0.29, 0.717) is 36.2 Å². The van der Waals surface area contributed by atoms with E-state index in [9.17, 15) is 18.0 Å². The number of nitrogens with zero attached hydrogens (tertiary/aromatic N) is 3. The van der Waals surface area contributed by atoms with E-state index in [-0.39, 0.29) is 29.8 Å². The number of aromatic nitrogens is 2. The van der Waals surface area contributed by atoms with Gasteiger partial charge >= 0.3 is 5.97 Å². The van der Waals surface area contributed by atoms with E-state index in [1.165, 1.54) is 29.6 Å². The van der Waals surface area contributed by atoms with Crippen molar-refractivity contribution in [3.8, 4) is 0 Å². The summed E-state index contributed by atoms with van der Waals surface area (Å²) in [6.45, 7) is 4.83. The Balaban J connectivity index is 1.65. The minimum Gasteiger partial charge on any atom is -0.465 e. The largest absolute Gasteiger partial charge is 0.465 e. The van der Waals surface area contributed by atoms with E-state index in [0.717, 1.165) is 0 Å². The highest BCUT2D eigenvalue weighted by Gasteiger charge is 2.33. The van der Waals surface area contributed by atoms with Gasteiger partial charge in [-0.3, -0.25) is 9.48 Å². The van der Waals surface area contributed by atoms with Gasteiger partial charge in [0.25, 0.3) is 0 Å². The maximum Gasteiger partial charge on any atom is 0.337 e. The van der Waals surface area contributed by atoms with Crippen LogP contribution in [0.2, 0.25) is 0 Å². The van der Waals surface area contributed by atoms with Gasteiger partial charge in [-0.15, -0.1) is 0 Å². The molecule has 1 aliphatic heterocycles. The Morgan fingerprint density at radius 1 is 1.27 bits per heavy atom. The molecule has 1 aromatic carbocycles. The Bertz CT molecular complexity index is 1040. The second kappa shape index (κ2) is 8.97. The average molecular weight is 435 g/mol. The lowest BCUT2D eigenvalue weighted by Gasteiger charge is -2.30. The second-order valence-electron chi connectivity index (χ2n) is 7.22. The fourth-order valence-corrected chi connectivity index (χ4v) is 5.20. The number of sulfonamides is 1. The SMILES string of the molecule is CCn1cc(NC(=O)C2CCN(S(=O)(=O)c3ccc(C(=O)OC)cc3C)CC2)cn1. The van der Waals surface area contributed by atoms with Gasteiger partial charge in [-0.2, -0.15) is 9.40 Å². The van der Waals surface area contributed by atoms with Crippen molar-refractivity contribution in [2.75, 3.05) is 25.5 Å². The maximum atomic E-state index is 13.1. The summed E-state index contributed by atoms with van der Waals surface area (Å²) < 4.78 is 33.9. The highest BCUT2D eigenvalue weighted by molar-refractivity contribution is 7.89. The average Bonchev–Trinajstić information content (AvgIpc) is 3.20. The first kappa shape index (κ1) is 22.0. The Morgan fingerprint density at radius 2 is 1.97 bits per heavy atom. The number of esters is 1. The molecule has 2 aromatic rings. The maximum absolute atomic E-state index is 13.1. The molecule has 1 amide bonds. The number of hydrogen-bond acceptors (Lipinski definition) is 6. The van der Waals surface area contributed by atoms with E-state index in [2.05, 4.69) is 15.2 Å². The first-order valence-electron chi connectivity index (χ1n) is 9.78. The van der Waals surface area contributed by atoms with Gasteiger partial charge in [-0.25, -0.2) is 13.2 Å². The molecule has 162 valence electrons. The quantitative estimate of drug-likeness (QED) is 0.697. The summed E-state index contributed by atoms with van der Waals surface area (Å²) in [6, 6.07) is 4.39. The van der Waals surface area contributed by atoms with Crippen molar-refractivity contribution >= 4 is 27.6 Å². The molecule has 1 saturated heterocycles. The Morgan fingerprint density at radius 3 is 2.53 bits per heavy atom. The molecule has 0 bridgehead atoms. The topological polar surface area (TPSA) is 111 Å². The summed E-state index contributed by atoms with van der Waals surface area (Å²) in [5, 5.41) is 6.98. The number of carbonyl (C=O) groups is 2. The number of nitrogens with one attached hydrogen (secondary N) is 1. The number of methoxy groups -OCH3 is 1. The summed E-state index contributed by atoms with van der Waals surface area (Å²) in [4.78, 5) is 24.3. The molecule has 3 rings (SSSR count). The molecular formula is C20H26N4O5S. The van der Waals surface area contributed by atoms with E-state index in [1.54, 1.807) is 24.0 Å². The lowest BCUT2D eigenvalue weighted by atomic mass is 9.97. The van der Waals surface area contributed by atoms with Crippen LogP contribution in [0.15, 0.2) is 35.5 Å². The highest BCUT2D eigenvalue weighted by Crippen LogP contribution is 2.27. The number of amides is 1. The molecule has 30 heavy (non-hydrogen) atoms.